The number of benzene rings is 2. The van der Waals surface area contributed by atoms with Crippen molar-refractivity contribution in [3.05, 3.63) is 83.8 Å². The molecule has 2 heterocycles. The highest BCUT2D eigenvalue weighted by Crippen LogP contribution is 2.39. The molecular weight excluding hydrogens is 470 g/mol. The highest BCUT2D eigenvalue weighted by atomic mass is 32.2. The van der Waals surface area contributed by atoms with Gasteiger partial charge in [-0.1, -0.05) is 13.3 Å². The zero-order valence-electron chi connectivity index (χ0n) is 18.2. The van der Waals surface area contributed by atoms with E-state index in [0.717, 1.165) is 12.1 Å². The van der Waals surface area contributed by atoms with Crippen LogP contribution >= 0.6 is 0 Å². The first-order valence-corrected chi connectivity index (χ1v) is 11.8. The number of aryl methyl sites for hydroxylation is 2. The van der Waals surface area contributed by atoms with Gasteiger partial charge in [0.05, 0.1) is 5.56 Å². The molecule has 4 aromatic rings. The molecule has 4 rings (SSSR count). The standard InChI is InChI=1S/C24H19F4N3O2S/c1-3-4-15-11-19(27)21(23-17(13-31(2)30-23)14-7-9-29-10-8-14)22(28)24(15)34(32,33)20-12-16(25)5-6-18(20)26/h5-13H,3-4H2,1-2H3. The molecule has 0 unspecified atom stereocenters. The Balaban J connectivity index is 2.05. The number of halogens is 4. The lowest BCUT2D eigenvalue weighted by atomic mass is 9.99. The van der Waals surface area contributed by atoms with Crippen molar-refractivity contribution in [3.63, 3.8) is 0 Å². The topological polar surface area (TPSA) is 64.8 Å². The lowest BCUT2D eigenvalue weighted by molar-refractivity contribution is 0.534. The Morgan fingerprint density at radius 1 is 0.971 bits per heavy atom. The van der Waals surface area contributed by atoms with Crippen molar-refractivity contribution in [2.75, 3.05) is 0 Å². The Hall–Kier alpha value is -3.53. The predicted molar refractivity (Wildman–Crippen MR) is 118 cm³/mol. The number of hydrogen-bond acceptors (Lipinski definition) is 4. The molecule has 0 fully saturated rings. The number of nitrogens with zero attached hydrogens (tertiary/aromatic N) is 3. The molecule has 0 radical (unpaired) electrons. The van der Waals surface area contributed by atoms with Crippen LogP contribution in [-0.2, 0) is 23.3 Å². The maximum Gasteiger partial charge on any atom is 0.212 e. The number of pyridine rings is 1. The number of rotatable bonds is 6. The van der Waals surface area contributed by atoms with Crippen LogP contribution in [0.4, 0.5) is 17.6 Å². The first-order chi connectivity index (χ1) is 16.1. The third-order valence-corrected chi connectivity index (χ3v) is 7.15. The minimum Gasteiger partial charge on any atom is -0.275 e. The molecule has 0 atom stereocenters. The SMILES string of the molecule is CCCc1cc(F)c(-c2nn(C)cc2-c2ccncc2)c(F)c1S(=O)(=O)c1cc(F)ccc1F. The van der Waals surface area contributed by atoms with E-state index in [2.05, 4.69) is 10.1 Å². The monoisotopic (exact) mass is 489 g/mol. The first-order valence-electron chi connectivity index (χ1n) is 10.3. The van der Waals surface area contributed by atoms with Gasteiger partial charge in [0, 0.05) is 31.2 Å². The van der Waals surface area contributed by atoms with Gasteiger partial charge < -0.3 is 0 Å². The van der Waals surface area contributed by atoms with E-state index in [4.69, 9.17) is 0 Å². The quantitative estimate of drug-likeness (QED) is 0.265. The van der Waals surface area contributed by atoms with Gasteiger partial charge in [0.1, 0.15) is 32.9 Å². The zero-order valence-corrected chi connectivity index (χ0v) is 19.0. The van der Waals surface area contributed by atoms with Crippen molar-refractivity contribution < 1.29 is 26.0 Å². The molecule has 0 aliphatic carbocycles. The summed E-state index contributed by atoms with van der Waals surface area (Å²) in [6.07, 6.45) is 4.87. The van der Waals surface area contributed by atoms with Gasteiger partial charge in [-0.05, 0) is 53.9 Å². The van der Waals surface area contributed by atoms with E-state index < -0.39 is 48.5 Å². The van der Waals surface area contributed by atoms with Crippen LogP contribution in [0.5, 0.6) is 0 Å². The average molecular weight is 489 g/mol. The summed E-state index contributed by atoms with van der Waals surface area (Å²) >= 11 is 0. The molecular formula is C24H19F4N3O2S. The van der Waals surface area contributed by atoms with Crippen molar-refractivity contribution in [2.45, 2.75) is 29.6 Å². The summed E-state index contributed by atoms with van der Waals surface area (Å²) in [5, 5.41) is 4.17. The summed E-state index contributed by atoms with van der Waals surface area (Å²) in [6, 6.07) is 6.01. The van der Waals surface area contributed by atoms with E-state index in [1.165, 1.54) is 23.3 Å². The predicted octanol–water partition coefficient (Wildman–Crippen LogP) is 5.49. The second kappa shape index (κ2) is 9.02. The molecule has 0 N–H and O–H groups in total. The van der Waals surface area contributed by atoms with Gasteiger partial charge in [-0.3, -0.25) is 9.67 Å². The van der Waals surface area contributed by atoms with Crippen LogP contribution < -0.4 is 0 Å². The molecule has 0 saturated heterocycles. The third kappa shape index (κ3) is 4.09. The van der Waals surface area contributed by atoms with Gasteiger partial charge >= 0.3 is 0 Å². The number of aromatic nitrogens is 3. The summed E-state index contributed by atoms with van der Waals surface area (Å²) < 4.78 is 87.6. The second-order valence-corrected chi connectivity index (χ2v) is 9.52. The molecule has 5 nitrogen and oxygen atoms in total. The lowest BCUT2D eigenvalue weighted by Gasteiger charge is -2.16. The Morgan fingerprint density at radius 3 is 2.35 bits per heavy atom. The molecule has 2 aromatic carbocycles. The average Bonchev–Trinajstić information content (AvgIpc) is 3.16. The largest absolute Gasteiger partial charge is 0.275 e. The number of sulfone groups is 1. The van der Waals surface area contributed by atoms with Gasteiger partial charge in [-0.15, -0.1) is 0 Å². The van der Waals surface area contributed by atoms with Crippen molar-refractivity contribution in [2.24, 2.45) is 7.05 Å². The van der Waals surface area contributed by atoms with E-state index in [1.54, 1.807) is 26.1 Å². The fourth-order valence-corrected chi connectivity index (χ4v) is 5.48. The molecule has 0 aliphatic heterocycles. The minimum atomic E-state index is -4.89. The van der Waals surface area contributed by atoms with E-state index in [9.17, 15) is 17.2 Å². The van der Waals surface area contributed by atoms with Crippen molar-refractivity contribution >= 4 is 9.84 Å². The summed E-state index contributed by atoms with van der Waals surface area (Å²) in [5.41, 5.74) is -0.0989. The minimum absolute atomic E-state index is 0.000944. The molecule has 0 spiro atoms. The third-order valence-electron chi connectivity index (χ3n) is 5.28. The van der Waals surface area contributed by atoms with Crippen LogP contribution in [0.1, 0.15) is 18.9 Å². The van der Waals surface area contributed by atoms with Crippen molar-refractivity contribution in [1.82, 2.24) is 14.8 Å². The van der Waals surface area contributed by atoms with Crippen LogP contribution in [0, 0.1) is 23.3 Å². The molecule has 176 valence electrons. The van der Waals surface area contributed by atoms with E-state index in [0.29, 0.717) is 29.7 Å². The molecule has 2 aromatic heterocycles. The van der Waals surface area contributed by atoms with Crippen LogP contribution in [-0.4, -0.2) is 23.2 Å². The fourth-order valence-electron chi connectivity index (χ4n) is 3.82. The van der Waals surface area contributed by atoms with E-state index in [-0.39, 0.29) is 17.7 Å². The maximum absolute atomic E-state index is 16.0. The van der Waals surface area contributed by atoms with Crippen LogP contribution in [0.15, 0.2) is 64.8 Å². The van der Waals surface area contributed by atoms with Gasteiger partial charge in [0.2, 0.25) is 9.84 Å². The fraction of sp³-hybridized carbons (Fsp3) is 0.167. The smallest absolute Gasteiger partial charge is 0.212 e. The zero-order chi connectivity index (χ0) is 24.6. The Morgan fingerprint density at radius 2 is 1.68 bits per heavy atom. The number of hydrogen-bond donors (Lipinski definition) is 0. The molecule has 10 heteroatoms. The van der Waals surface area contributed by atoms with Crippen molar-refractivity contribution in [3.8, 4) is 22.4 Å². The Labute approximate surface area is 193 Å². The maximum atomic E-state index is 16.0. The van der Waals surface area contributed by atoms with Crippen LogP contribution in [0.2, 0.25) is 0 Å². The highest BCUT2D eigenvalue weighted by molar-refractivity contribution is 7.91. The van der Waals surface area contributed by atoms with Gasteiger partial charge in [-0.2, -0.15) is 5.10 Å². The Kier molecular flexibility index (Phi) is 6.26. The molecule has 0 saturated carbocycles. The van der Waals surface area contributed by atoms with Gasteiger partial charge in [0.25, 0.3) is 0 Å². The summed E-state index contributed by atoms with van der Waals surface area (Å²) in [6.45, 7) is 1.70. The normalized spacial score (nSPS) is 11.7. The summed E-state index contributed by atoms with van der Waals surface area (Å²) in [7, 11) is -3.34. The van der Waals surface area contributed by atoms with Gasteiger partial charge in [-0.25, -0.2) is 26.0 Å². The van der Waals surface area contributed by atoms with Gasteiger partial charge in [0.15, 0.2) is 5.82 Å². The van der Waals surface area contributed by atoms with E-state index >= 15 is 8.78 Å². The molecule has 0 aliphatic rings. The summed E-state index contributed by atoms with van der Waals surface area (Å²) in [4.78, 5) is 1.99. The lowest BCUT2D eigenvalue weighted by Crippen LogP contribution is -2.13. The molecule has 0 bridgehead atoms. The summed E-state index contributed by atoms with van der Waals surface area (Å²) in [5.74, 6) is -4.69. The molecule has 0 amide bonds. The van der Waals surface area contributed by atoms with Crippen LogP contribution in [0.25, 0.3) is 22.4 Å². The highest BCUT2D eigenvalue weighted by Gasteiger charge is 2.33. The van der Waals surface area contributed by atoms with Crippen molar-refractivity contribution in [1.29, 1.82) is 0 Å². The molecule has 34 heavy (non-hydrogen) atoms. The Bertz CT molecular complexity index is 1490. The van der Waals surface area contributed by atoms with E-state index in [1.807, 2.05) is 0 Å². The van der Waals surface area contributed by atoms with Crippen LogP contribution in [0.3, 0.4) is 0 Å². The first kappa shape index (κ1) is 23.6. The second-order valence-electron chi connectivity index (χ2n) is 7.66.